The van der Waals surface area contributed by atoms with Gasteiger partial charge >= 0.3 is 12.1 Å². The number of esters is 1. The number of carbonyl (C=O) groups excluding carboxylic acids is 4. The summed E-state index contributed by atoms with van der Waals surface area (Å²) in [6.45, 7) is 12.3. The lowest BCUT2D eigenvalue weighted by Gasteiger charge is -2.60. The third-order valence-electron chi connectivity index (χ3n) is 10.5. The van der Waals surface area contributed by atoms with Crippen LogP contribution in [0.5, 0.6) is 0 Å². The zero-order valence-corrected chi connectivity index (χ0v) is 25.4. The highest BCUT2D eigenvalue weighted by Crippen LogP contribution is 2.67. The summed E-state index contributed by atoms with van der Waals surface area (Å²) >= 11 is 0. The van der Waals surface area contributed by atoms with E-state index in [2.05, 4.69) is 12.2 Å². The van der Waals surface area contributed by atoms with Crippen LogP contribution >= 0.6 is 0 Å². The summed E-state index contributed by atoms with van der Waals surface area (Å²) < 4.78 is 10.4. The molecule has 4 rings (SSSR count). The molecule has 3 saturated carbocycles. The van der Waals surface area contributed by atoms with Crippen molar-refractivity contribution in [2.45, 2.75) is 123 Å². The Kier molecular flexibility index (Phi) is 8.30. The fourth-order valence-electron chi connectivity index (χ4n) is 8.47. The topological polar surface area (TPSA) is 159 Å². The maximum Gasteiger partial charge on any atom is 0.408 e. The van der Waals surface area contributed by atoms with Gasteiger partial charge < -0.3 is 30.1 Å². The Balaban J connectivity index is 1.51. The molecule has 0 aromatic carbocycles. The Morgan fingerprint density at radius 3 is 2.37 bits per heavy atom. The van der Waals surface area contributed by atoms with Gasteiger partial charge in [0.1, 0.15) is 17.2 Å². The summed E-state index contributed by atoms with van der Waals surface area (Å²) in [5.74, 6) is -2.53. The summed E-state index contributed by atoms with van der Waals surface area (Å²) in [5.41, 5.74) is -3.09. The van der Waals surface area contributed by atoms with Crippen LogP contribution in [0.15, 0.2) is 11.6 Å². The molecule has 0 radical (unpaired) electrons. The molecule has 10 nitrogen and oxygen atoms in total. The van der Waals surface area contributed by atoms with Gasteiger partial charge in [0.15, 0.2) is 5.78 Å². The van der Waals surface area contributed by atoms with Gasteiger partial charge in [-0.2, -0.15) is 0 Å². The van der Waals surface area contributed by atoms with Crippen molar-refractivity contribution in [3.05, 3.63) is 11.6 Å². The maximum absolute atomic E-state index is 13.6. The zero-order chi connectivity index (χ0) is 30.7. The molecular weight excluding hydrogens is 530 g/mol. The first-order chi connectivity index (χ1) is 18.8. The minimum absolute atomic E-state index is 0.0315. The number of Topliss-reactive ketones (excluding diaryl/α,β-unsaturated/α-hetero) is 1. The van der Waals surface area contributed by atoms with Crippen molar-refractivity contribution in [1.82, 2.24) is 5.32 Å². The lowest BCUT2D eigenvalue weighted by molar-refractivity contribution is -0.205. The van der Waals surface area contributed by atoms with Crippen LogP contribution in [-0.2, 0) is 23.9 Å². The van der Waals surface area contributed by atoms with Crippen molar-refractivity contribution in [3.63, 3.8) is 0 Å². The van der Waals surface area contributed by atoms with Gasteiger partial charge in [0.05, 0.1) is 6.10 Å². The molecule has 4 aliphatic carbocycles. The third-order valence-corrected chi connectivity index (χ3v) is 10.5. The van der Waals surface area contributed by atoms with Gasteiger partial charge in [-0.1, -0.05) is 33.3 Å². The second kappa shape index (κ2) is 10.8. The molecule has 230 valence electrons. The second-order valence-corrected chi connectivity index (χ2v) is 14.5. The number of hydrogen-bond acceptors (Lipinski definition) is 9. The summed E-state index contributed by atoms with van der Waals surface area (Å²) in [6, 6.07) is -1.20. The van der Waals surface area contributed by atoms with E-state index in [4.69, 9.17) is 9.47 Å². The first-order valence-corrected chi connectivity index (χ1v) is 14.9. The van der Waals surface area contributed by atoms with Gasteiger partial charge in [0.2, 0.25) is 5.78 Å². The van der Waals surface area contributed by atoms with E-state index in [1.54, 1.807) is 47.6 Å². The first kappa shape index (κ1) is 31.6. The molecule has 0 aromatic heterocycles. The average Bonchev–Trinajstić information content (AvgIpc) is 3.11. The fourth-order valence-corrected chi connectivity index (χ4v) is 8.47. The van der Waals surface area contributed by atoms with E-state index in [9.17, 15) is 34.5 Å². The second-order valence-electron chi connectivity index (χ2n) is 14.5. The highest BCUT2D eigenvalue weighted by molar-refractivity contribution is 5.93. The van der Waals surface area contributed by atoms with E-state index in [1.807, 2.05) is 0 Å². The molecule has 0 saturated heterocycles. The van der Waals surface area contributed by atoms with Crippen LogP contribution in [-0.4, -0.2) is 68.6 Å². The van der Waals surface area contributed by atoms with Crippen LogP contribution in [0.25, 0.3) is 0 Å². The molecule has 0 bridgehead atoms. The van der Waals surface area contributed by atoms with Gasteiger partial charge in [0.25, 0.3) is 6.29 Å². The number of alkyl carbamates (subject to hydrolysis) is 1. The number of hydrogen-bond donors (Lipinski definition) is 4. The molecule has 3 fully saturated rings. The van der Waals surface area contributed by atoms with E-state index in [0.29, 0.717) is 19.3 Å². The average molecular weight is 578 g/mol. The molecule has 0 aliphatic heterocycles. The smallest absolute Gasteiger partial charge is 0.408 e. The van der Waals surface area contributed by atoms with Gasteiger partial charge in [0, 0.05) is 11.8 Å². The molecule has 0 aromatic rings. The molecular formula is C31H47NO9. The van der Waals surface area contributed by atoms with Crippen molar-refractivity contribution in [2.75, 3.05) is 0 Å². The van der Waals surface area contributed by atoms with E-state index < -0.39 is 58.8 Å². The van der Waals surface area contributed by atoms with E-state index in [1.165, 1.54) is 0 Å². The Morgan fingerprint density at radius 1 is 1.10 bits per heavy atom. The minimum Gasteiger partial charge on any atom is -0.444 e. The van der Waals surface area contributed by atoms with Crippen LogP contribution in [0.4, 0.5) is 4.79 Å². The number of aliphatic hydroxyl groups is 3. The Morgan fingerprint density at radius 2 is 1.76 bits per heavy atom. The first-order valence-electron chi connectivity index (χ1n) is 14.9. The van der Waals surface area contributed by atoms with Crippen LogP contribution in [0.3, 0.4) is 0 Å². The molecule has 4 N–H and O–H groups in total. The van der Waals surface area contributed by atoms with Crippen molar-refractivity contribution in [2.24, 2.45) is 34.5 Å². The van der Waals surface area contributed by atoms with Gasteiger partial charge in [-0.05, 0) is 94.5 Å². The minimum atomic E-state index is -2.25. The number of rotatable bonds is 6. The predicted octanol–water partition coefficient (Wildman–Crippen LogP) is 3.20. The molecule has 1 amide bonds. The predicted molar refractivity (Wildman–Crippen MR) is 148 cm³/mol. The fraction of sp³-hybridized carbons (Fsp3) is 0.806. The quantitative estimate of drug-likeness (QED) is 0.275. The molecule has 4 aliphatic rings. The van der Waals surface area contributed by atoms with Crippen molar-refractivity contribution < 1.29 is 44.0 Å². The Labute approximate surface area is 242 Å². The number of carbonyl (C=O) groups is 4. The molecule has 9 atom stereocenters. The Bertz CT molecular complexity index is 1130. The van der Waals surface area contributed by atoms with Crippen LogP contribution in [0.2, 0.25) is 0 Å². The highest BCUT2D eigenvalue weighted by atomic mass is 16.6. The van der Waals surface area contributed by atoms with E-state index >= 15 is 0 Å². The SMILES string of the molecule is CC(C)[C@H](NC(=O)OC(C)(C)C)C(=O)OC(O)C(=O)[C@@]1(O)CC[C@H]2[C@@H]3CCC4=CC(=O)CC[C@]4(C)[C@H]3[C@@H](O)C[C@@]21C. The number of aliphatic hydroxyl groups excluding tert-OH is 2. The molecule has 1 unspecified atom stereocenters. The van der Waals surface area contributed by atoms with E-state index in [0.717, 1.165) is 18.4 Å². The van der Waals surface area contributed by atoms with Gasteiger partial charge in [-0.25, -0.2) is 9.59 Å². The van der Waals surface area contributed by atoms with Gasteiger partial charge in [-0.15, -0.1) is 0 Å². The summed E-state index contributed by atoms with van der Waals surface area (Å²) in [6.07, 6.45) is 1.17. The monoisotopic (exact) mass is 577 g/mol. The van der Waals surface area contributed by atoms with Crippen molar-refractivity contribution in [3.8, 4) is 0 Å². The number of nitrogens with one attached hydrogen (secondary N) is 1. The lowest BCUT2D eigenvalue weighted by Crippen LogP contribution is -2.63. The molecule has 41 heavy (non-hydrogen) atoms. The molecule has 0 heterocycles. The van der Waals surface area contributed by atoms with Crippen molar-refractivity contribution in [1.29, 1.82) is 0 Å². The van der Waals surface area contributed by atoms with Crippen LogP contribution in [0, 0.1) is 34.5 Å². The van der Waals surface area contributed by atoms with Crippen LogP contribution in [0.1, 0.15) is 93.4 Å². The maximum atomic E-state index is 13.6. The largest absolute Gasteiger partial charge is 0.444 e. The Hall–Kier alpha value is -2.30. The van der Waals surface area contributed by atoms with Crippen molar-refractivity contribution >= 4 is 23.6 Å². The van der Waals surface area contributed by atoms with Crippen LogP contribution < -0.4 is 5.32 Å². The number of fused-ring (bicyclic) bond motifs is 5. The number of ketones is 2. The van der Waals surface area contributed by atoms with Gasteiger partial charge in [-0.3, -0.25) is 9.59 Å². The third kappa shape index (κ3) is 5.47. The lowest BCUT2D eigenvalue weighted by atomic mass is 9.45. The number of amides is 1. The van der Waals surface area contributed by atoms with E-state index in [-0.39, 0.29) is 41.8 Å². The normalized spacial score (nSPS) is 38.1. The molecule has 0 spiro atoms. The number of allylic oxidation sites excluding steroid dienone is 1. The highest BCUT2D eigenvalue weighted by Gasteiger charge is 2.69. The summed E-state index contributed by atoms with van der Waals surface area (Å²) in [7, 11) is 0. The standard InChI is InChI=1S/C31H47NO9/c1-16(2)23(32-27(38)41-28(3,4)5)25(36)40-26(37)24(35)31(39)13-11-20-19-9-8-17-14-18(33)10-12-29(17,6)22(19)21(34)15-30(20,31)7/h14,16,19-23,26,34,37,39H,8-13,15H2,1-7H3,(H,32,38)/t19-,20-,21-,22+,23-,26?,29-,30-,31-/m0/s1. The number of ether oxygens (including phenoxy) is 2. The summed E-state index contributed by atoms with van der Waals surface area (Å²) in [4.78, 5) is 51.0. The summed E-state index contributed by atoms with van der Waals surface area (Å²) in [5, 5.41) is 36.7. The molecule has 10 heteroatoms. The zero-order valence-electron chi connectivity index (χ0n) is 25.4.